The molecule has 5 nitrogen and oxygen atoms in total. The van der Waals surface area contributed by atoms with E-state index in [1.54, 1.807) is 19.2 Å². The molecule has 6 heteroatoms. The second kappa shape index (κ2) is 6.57. The van der Waals surface area contributed by atoms with E-state index in [1.807, 2.05) is 11.8 Å². The summed E-state index contributed by atoms with van der Waals surface area (Å²) in [5.74, 6) is 1.91. The number of fused-ring (bicyclic) bond motifs is 1. The molecule has 2 aliphatic rings. The molecule has 1 aromatic carbocycles. The Morgan fingerprint density at radius 3 is 2.83 bits per heavy atom. The van der Waals surface area contributed by atoms with E-state index in [0.29, 0.717) is 40.5 Å². The summed E-state index contributed by atoms with van der Waals surface area (Å²) in [4.78, 5) is 14.7. The third-order valence-electron chi connectivity index (χ3n) is 4.96. The molecule has 2 N–H and O–H groups in total. The molecule has 3 rings (SSSR count). The fourth-order valence-electron chi connectivity index (χ4n) is 3.78. The van der Waals surface area contributed by atoms with Gasteiger partial charge in [-0.3, -0.25) is 4.79 Å². The van der Waals surface area contributed by atoms with Crippen molar-refractivity contribution in [1.82, 2.24) is 4.90 Å². The van der Waals surface area contributed by atoms with Crippen LogP contribution in [0, 0.1) is 11.8 Å². The number of nitrogens with two attached hydrogens (primary N) is 1. The van der Waals surface area contributed by atoms with Crippen molar-refractivity contribution < 1.29 is 14.3 Å². The zero-order valence-electron chi connectivity index (χ0n) is 13.5. The van der Waals surface area contributed by atoms with Gasteiger partial charge in [0.25, 0.3) is 5.91 Å². The van der Waals surface area contributed by atoms with Crippen LogP contribution in [0.25, 0.3) is 0 Å². The van der Waals surface area contributed by atoms with Crippen LogP contribution in [0.1, 0.15) is 30.1 Å². The number of amides is 1. The summed E-state index contributed by atoms with van der Waals surface area (Å²) in [6.45, 7) is 3.87. The van der Waals surface area contributed by atoms with E-state index in [4.69, 9.17) is 26.8 Å². The summed E-state index contributed by atoms with van der Waals surface area (Å²) in [5.41, 5.74) is 6.68. The summed E-state index contributed by atoms with van der Waals surface area (Å²) >= 11 is 6.27. The molecule has 0 aromatic heterocycles. The number of likely N-dealkylation sites (tertiary alicyclic amines) is 1. The summed E-state index contributed by atoms with van der Waals surface area (Å²) in [6, 6.07) is 3.58. The van der Waals surface area contributed by atoms with Gasteiger partial charge in [0.15, 0.2) is 11.5 Å². The van der Waals surface area contributed by atoms with E-state index in [0.717, 1.165) is 25.9 Å². The van der Waals surface area contributed by atoms with Crippen LogP contribution in [0.2, 0.25) is 5.02 Å². The first-order chi connectivity index (χ1) is 11.0. The van der Waals surface area contributed by atoms with E-state index in [9.17, 15) is 4.79 Å². The summed E-state index contributed by atoms with van der Waals surface area (Å²) in [7, 11) is 1.54. The topological polar surface area (TPSA) is 64.8 Å². The predicted octanol–water partition coefficient (Wildman–Crippen LogP) is 2.56. The molecule has 1 aliphatic carbocycles. The molecule has 0 spiro atoms. The molecule has 1 aliphatic heterocycles. The highest BCUT2D eigenvalue weighted by Gasteiger charge is 2.42. The van der Waals surface area contributed by atoms with Crippen LogP contribution in [0.3, 0.4) is 0 Å². The van der Waals surface area contributed by atoms with Crippen LogP contribution >= 0.6 is 11.6 Å². The molecule has 1 saturated carbocycles. The van der Waals surface area contributed by atoms with E-state index in [1.165, 1.54) is 0 Å². The van der Waals surface area contributed by atoms with Crippen LogP contribution in [0.4, 0.5) is 0 Å². The maximum atomic E-state index is 12.8. The van der Waals surface area contributed by atoms with Gasteiger partial charge < -0.3 is 20.1 Å². The van der Waals surface area contributed by atoms with E-state index in [2.05, 4.69) is 0 Å². The minimum atomic E-state index is -0.0187. The first kappa shape index (κ1) is 16.4. The Morgan fingerprint density at radius 1 is 1.39 bits per heavy atom. The lowest BCUT2D eigenvalue weighted by Crippen LogP contribution is -2.33. The highest BCUT2D eigenvalue weighted by Crippen LogP contribution is 2.40. The average molecular weight is 339 g/mol. The predicted molar refractivity (Wildman–Crippen MR) is 89.3 cm³/mol. The molecule has 0 radical (unpaired) electrons. The van der Waals surface area contributed by atoms with Crippen LogP contribution < -0.4 is 15.2 Å². The van der Waals surface area contributed by atoms with Gasteiger partial charge in [-0.2, -0.15) is 0 Å². The normalized spacial score (nSPS) is 26.3. The first-order valence-electron chi connectivity index (χ1n) is 8.10. The fraction of sp³-hybridized carbons (Fsp3) is 0.588. The van der Waals surface area contributed by atoms with E-state index < -0.39 is 0 Å². The van der Waals surface area contributed by atoms with Gasteiger partial charge in [0, 0.05) is 24.7 Å². The monoisotopic (exact) mass is 338 g/mol. The number of hydrogen-bond acceptors (Lipinski definition) is 4. The number of nitrogens with zero attached hydrogens (tertiary/aromatic N) is 1. The van der Waals surface area contributed by atoms with Crippen molar-refractivity contribution >= 4 is 17.5 Å². The zero-order chi connectivity index (χ0) is 16.6. The Balaban J connectivity index is 1.82. The molecule has 126 valence electrons. The van der Waals surface area contributed by atoms with Crippen molar-refractivity contribution in [3.63, 3.8) is 0 Å². The van der Waals surface area contributed by atoms with Crippen molar-refractivity contribution in [3.8, 4) is 11.5 Å². The lowest BCUT2D eigenvalue weighted by Gasteiger charge is -2.20. The van der Waals surface area contributed by atoms with Crippen LogP contribution in [-0.4, -0.2) is 43.7 Å². The smallest absolute Gasteiger partial charge is 0.254 e. The molecule has 1 amide bonds. The van der Waals surface area contributed by atoms with E-state index >= 15 is 0 Å². The first-order valence-corrected chi connectivity index (χ1v) is 8.48. The quantitative estimate of drug-likeness (QED) is 0.916. The Labute approximate surface area is 141 Å². The number of ether oxygens (including phenoxy) is 2. The van der Waals surface area contributed by atoms with Gasteiger partial charge in [-0.1, -0.05) is 11.6 Å². The lowest BCUT2D eigenvalue weighted by molar-refractivity contribution is 0.0779. The van der Waals surface area contributed by atoms with Crippen molar-refractivity contribution in [2.24, 2.45) is 17.6 Å². The van der Waals surface area contributed by atoms with Gasteiger partial charge in [-0.25, -0.2) is 0 Å². The molecule has 0 bridgehead atoms. The third-order valence-corrected chi connectivity index (χ3v) is 5.25. The fourth-order valence-corrected chi connectivity index (χ4v) is 4.05. The number of halogens is 1. The number of carbonyl (C=O) groups excluding carboxylic acids is 1. The second-order valence-electron chi connectivity index (χ2n) is 6.30. The van der Waals surface area contributed by atoms with Gasteiger partial charge in [-0.15, -0.1) is 0 Å². The van der Waals surface area contributed by atoms with Crippen molar-refractivity contribution in [1.29, 1.82) is 0 Å². The summed E-state index contributed by atoms with van der Waals surface area (Å²) in [6.07, 6.45) is 2.18. The number of methoxy groups -OCH3 is 1. The maximum absolute atomic E-state index is 12.8. The Kier molecular flexibility index (Phi) is 4.69. The summed E-state index contributed by atoms with van der Waals surface area (Å²) in [5, 5.41) is 0.394. The molecule has 1 aromatic rings. The minimum Gasteiger partial charge on any atom is -0.493 e. The molecule has 23 heavy (non-hydrogen) atoms. The highest BCUT2D eigenvalue weighted by atomic mass is 35.5. The summed E-state index contributed by atoms with van der Waals surface area (Å²) < 4.78 is 10.8. The minimum absolute atomic E-state index is 0.0187. The maximum Gasteiger partial charge on any atom is 0.254 e. The van der Waals surface area contributed by atoms with Gasteiger partial charge in [-0.05, 0) is 43.7 Å². The zero-order valence-corrected chi connectivity index (χ0v) is 14.3. The van der Waals surface area contributed by atoms with Crippen LogP contribution in [-0.2, 0) is 0 Å². The van der Waals surface area contributed by atoms with Crippen molar-refractivity contribution in [2.45, 2.75) is 25.8 Å². The molecule has 1 saturated heterocycles. The van der Waals surface area contributed by atoms with E-state index in [-0.39, 0.29) is 11.9 Å². The molecular weight excluding hydrogens is 316 g/mol. The van der Waals surface area contributed by atoms with Gasteiger partial charge in [0.05, 0.1) is 18.7 Å². The van der Waals surface area contributed by atoms with Gasteiger partial charge in [0.2, 0.25) is 0 Å². The van der Waals surface area contributed by atoms with Gasteiger partial charge in [0.1, 0.15) is 0 Å². The largest absolute Gasteiger partial charge is 0.493 e. The number of rotatable bonds is 4. The van der Waals surface area contributed by atoms with Crippen LogP contribution in [0.15, 0.2) is 12.1 Å². The number of carbonyl (C=O) groups is 1. The molecule has 1 heterocycles. The van der Waals surface area contributed by atoms with Crippen LogP contribution in [0.5, 0.6) is 11.5 Å². The Hall–Kier alpha value is -1.46. The molecule has 3 atom stereocenters. The SMILES string of the molecule is CCOc1c(Cl)cc(C(=O)N2CC3CCC(N)C3C2)cc1OC. The Bertz CT molecular complexity index is 608. The lowest BCUT2D eigenvalue weighted by atomic mass is 9.98. The number of hydrogen-bond donors (Lipinski definition) is 1. The second-order valence-corrected chi connectivity index (χ2v) is 6.70. The average Bonchev–Trinajstić information content (AvgIpc) is 3.11. The third kappa shape index (κ3) is 3.00. The van der Waals surface area contributed by atoms with Crippen molar-refractivity contribution in [3.05, 3.63) is 22.7 Å². The molecular formula is C17H23ClN2O3. The molecule has 3 unspecified atom stereocenters. The van der Waals surface area contributed by atoms with Crippen molar-refractivity contribution in [2.75, 3.05) is 26.8 Å². The molecule has 2 fully saturated rings. The van der Waals surface area contributed by atoms with Gasteiger partial charge >= 0.3 is 0 Å². The highest BCUT2D eigenvalue weighted by molar-refractivity contribution is 6.32. The standard InChI is InChI=1S/C17H23ClN2O3/c1-3-23-16-13(18)6-11(7-15(16)22-2)17(21)20-8-10-4-5-14(19)12(10)9-20/h6-7,10,12,14H,3-5,8-9,19H2,1-2H3. The Morgan fingerprint density at radius 2 is 2.17 bits per heavy atom. The number of benzene rings is 1.